The van der Waals surface area contributed by atoms with Gasteiger partial charge in [-0.3, -0.25) is 20.4 Å². The molecule has 3 rings (SSSR count). The summed E-state index contributed by atoms with van der Waals surface area (Å²) in [6.45, 7) is -0.532. The average molecular weight is 359 g/mol. The molecule has 6 nitrogen and oxygen atoms in total. The minimum absolute atomic E-state index is 0.0672. The van der Waals surface area contributed by atoms with E-state index in [9.17, 15) is 18.4 Å². The first-order valence-corrected chi connectivity index (χ1v) is 7.73. The number of benzene rings is 2. The molecular weight excluding hydrogens is 344 g/mol. The number of hydrazine groups is 1. The highest BCUT2D eigenvalue weighted by Gasteiger charge is 2.11. The molecule has 8 heteroatoms. The van der Waals surface area contributed by atoms with Crippen molar-refractivity contribution < 1.29 is 23.1 Å². The molecule has 0 spiro atoms. The van der Waals surface area contributed by atoms with Crippen LogP contribution in [0.1, 0.15) is 5.56 Å². The number of rotatable bonds is 5. The Morgan fingerprint density at radius 2 is 1.81 bits per heavy atom. The third-order valence-electron chi connectivity index (χ3n) is 3.62. The number of H-pyrrole nitrogens is 1. The summed E-state index contributed by atoms with van der Waals surface area (Å²) in [5, 5.41) is 0.920. The van der Waals surface area contributed by atoms with Crippen molar-refractivity contribution in [2.24, 2.45) is 0 Å². The Balaban J connectivity index is 1.47. The fourth-order valence-corrected chi connectivity index (χ4v) is 2.41. The highest BCUT2D eigenvalue weighted by atomic mass is 19.1. The van der Waals surface area contributed by atoms with Crippen LogP contribution in [-0.2, 0) is 16.0 Å². The van der Waals surface area contributed by atoms with Crippen molar-refractivity contribution in [1.82, 2.24) is 15.8 Å². The van der Waals surface area contributed by atoms with Gasteiger partial charge in [0.2, 0.25) is 5.91 Å². The lowest BCUT2D eigenvalue weighted by Crippen LogP contribution is -2.44. The van der Waals surface area contributed by atoms with Gasteiger partial charge in [0.15, 0.2) is 18.2 Å². The number of fused-ring (bicyclic) bond motifs is 1. The molecule has 0 unspecified atom stereocenters. The maximum Gasteiger partial charge on any atom is 0.276 e. The predicted molar refractivity (Wildman–Crippen MR) is 90.1 cm³/mol. The molecule has 0 aliphatic carbocycles. The summed E-state index contributed by atoms with van der Waals surface area (Å²) >= 11 is 0. The maximum absolute atomic E-state index is 13.4. The number of hydrogen-bond donors (Lipinski definition) is 3. The Morgan fingerprint density at radius 3 is 2.62 bits per heavy atom. The van der Waals surface area contributed by atoms with E-state index in [1.807, 2.05) is 24.3 Å². The zero-order valence-corrected chi connectivity index (χ0v) is 13.5. The van der Waals surface area contributed by atoms with E-state index in [0.717, 1.165) is 28.6 Å². The number of nitrogens with one attached hydrogen (secondary N) is 3. The van der Waals surface area contributed by atoms with E-state index >= 15 is 0 Å². The molecule has 26 heavy (non-hydrogen) atoms. The molecule has 2 aromatic carbocycles. The number of carbonyl (C=O) groups excluding carboxylic acids is 2. The Morgan fingerprint density at radius 1 is 1.04 bits per heavy atom. The summed E-state index contributed by atoms with van der Waals surface area (Å²) in [7, 11) is 0. The van der Waals surface area contributed by atoms with Gasteiger partial charge < -0.3 is 9.72 Å². The summed E-state index contributed by atoms with van der Waals surface area (Å²) in [6.07, 6.45) is 1.80. The first-order chi connectivity index (χ1) is 12.5. The van der Waals surface area contributed by atoms with Crippen LogP contribution in [0.3, 0.4) is 0 Å². The highest BCUT2D eigenvalue weighted by Crippen LogP contribution is 2.18. The van der Waals surface area contributed by atoms with Crippen LogP contribution in [0.4, 0.5) is 8.78 Å². The van der Waals surface area contributed by atoms with Gasteiger partial charge in [-0.05, 0) is 23.8 Å². The van der Waals surface area contributed by atoms with Crippen LogP contribution >= 0.6 is 0 Å². The van der Waals surface area contributed by atoms with Crippen LogP contribution in [-0.4, -0.2) is 23.4 Å². The second kappa shape index (κ2) is 7.64. The van der Waals surface area contributed by atoms with Crippen molar-refractivity contribution in [2.75, 3.05) is 6.61 Å². The molecular formula is C18H15F2N3O3. The van der Waals surface area contributed by atoms with Gasteiger partial charge in [0, 0.05) is 23.2 Å². The minimum atomic E-state index is -0.916. The number of carbonyl (C=O) groups is 2. The summed E-state index contributed by atoms with van der Waals surface area (Å²) in [5.41, 5.74) is 6.13. The van der Waals surface area contributed by atoms with Gasteiger partial charge in [-0.1, -0.05) is 18.2 Å². The van der Waals surface area contributed by atoms with Gasteiger partial charge in [-0.15, -0.1) is 0 Å². The van der Waals surface area contributed by atoms with E-state index in [2.05, 4.69) is 15.8 Å². The largest absolute Gasteiger partial charge is 0.481 e. The predicted octanol–water partition coefficient (Wildman–Crippen LogP) is 2.21. The SMILES string of the molecule is O=C(COc1ccc(F)cc1F)NNC(=O)Cc1c[nH]c2ccccc12. The lowest BCUT2D eigenvalue weighted by atomic mass is 10.1. The smallest absolute Gasteiger partial charge is 0.276 e. The standard InChI is InChI=1S/C18H15F2N3O3/c19-12-5-6-16(14(20)8-12)26-10-18(25)23-22-17(24)7-11-9-21-15-4-2-1-3-13(11)15/h1-6,8-9,21H,7,10H2,(H,22,24)(H,23,25). The molecule has 3 aromatic rings. The normalized spacial score (nSPS) is 10.5. The first kappa shape index (κ1) is 17.4. The number of amides is 2. The Hall–Kier alpha value is -3.42. The van der Waals surface area contributed by atoms with Crippen LogP contribution in [0.5, 0.6) is 5.75 Å². The third kappa shape index (κ3) is 4.15. The second-order valence-corrected chi connectivity index (χ2v) is 5.50. The summed E-state index contributed by atoms with van der Waals surface area (Å²) in [6, 6.07) is 10.3. The van der Waals surface area contributed by atoms with Crippen LogP contribution in [0, 0.1) is 11.6 Å². The van der Waals surface area contributed by atoms with Crippen molar-refractivity contribution in [3.05, 3.63) is 65.9 Å². The highest BCUT2D eigenvalue weighted by molar-refractivity contribution is 5.89. The van der Waals surface area contributed by atoms with Gasteiger partial charge in [-0.2, -0.15) is 0 Å². The summed E-state index contributed by atoms with van der Waals surface area (Å²) < 4.78 is 31.1. The van der Waals surface area contributed by atoms with Crippen LogP contribution in [0.2, 0.25) is 0 Å². The number of hydrogen-bond acceptors (Lipinski definition) is 3. The van der Waals surface area contributed by atoms with Gasteiger partial charge in [0.1, 0.15) is 5.82 Å². The Bertz CT molecular complexity index is 956. The summed E-state index contributed by atoms with van der Waals surface area (Å²) in [4.78, 5) is 26.7. The molecule has 0 radical (unpaired) electrons. The molecule has 1 heterocycles. The van der Waals surface area contributed by atoms with Gasteiger partial charge in [0.25, 0.3) is 5.91 Å². The van der Waals surface area contributed by atoms with E-state index in [4.69, 9.17) is 4.74 Å². The molecule has 3 N–H and O–H groups in total. The molecule has 0 aliphatic rings. The fraction of sp³-hybridized carbons (Fsp3) is 0.111. The zero-order valence-electron chi connectivity index (χ0n) is 13.5. The lowest BCUT2D eigenvalue weighted by Gasteiger charge is -2.09. The van der Waals surface area contributed by atoms with E-state index in [1.54, 1.807) is 6.20 Å². The fourth-order valence-electron chi connectivity index (χ4n) is 2.41. The molecule has 2 amide bonds. The molecule has 0 aliphatic heterocycles. The number of aromatic nitrogens is 1. The van der Waals surface area contributed by atoms with Gasteiger partial charge >= 0.3 is 0 Å². The monoisotopic (exact) mass is 359 g/mol. The Labute approximate surface area is 147 Å². The van der Waals surface area contributed by atoms with E-state index in [-0.39, 0.29) is 12.2 Å². The van der Waals surface area contributed by atoms with Crippen LogP contribution < -0.4 is 15.6 Å². The Kier molecular flexibility index (Phi) is 5.12. The second-order valence-electron chi connectivity index (χ2n) is 5.50. The van der Waals surface area contributed by atoms with Crippen LogP contribution in [0.25, 0.3) is 10.9 Å². The molecule has 0 saturated heterocycles. The molecule has 0 fully saturated rings. The first-order valence-electron chi connectivity index (χ1n) is 7.73. The van der Waals surface area contributed by atoms with Crippen molar-refractivity contribution in [2.45, 2.75) is 6.42 Å². The van der Waals surface area contributed by atoms with Gasteiger partial charge in [0.05, 0.1) is 6.42 Å². The number of halogens is 2. The van der Waals surface area contributed by atoms with Crippen LogP contribution in [0.15, 0.2) is 48.7 Å². The number of ether oxygens (including phenoxy) is 1. The lowest BCUT2D eigenvalue weighted by molar-refractivity contribution is -0.129. The molecule has 1 aromatic heterocycles. The molecule has 134 valence electrons. The van der Waals surface area contributed by atoms with Gasteiger partial charge in [-0.25, -0.2) is 8.78 Å². The quantitative estimate of drug-likeness (QED) is 0.611. The van der Waals surface area contributed by atoms with E-state index in [1.165, 1.54) is 0 Å². The number of aromatic amines is 1. The van der Waals surface area contributed by atoms with E-state index < -0.39 is 30.1 Å². The maximum atomic E-state index is 13.4. The molecule has 0 bridgehead atoms. The van der Waals surface area contributed by atoms with E-state index in [0.29, 0.717) is 6.07 Å². The topological polar surface area (TPSA) is 83.2 Å². The summed E-state index contributed by atoms with van der Waals surface area (Å²) in [5.74, 6) is -3.02. The van der Waals surface area contributed by atoms with Crippen molar-refractivity contribution in [3.63, 3.8) is 0 Å². The molecule has 0 saturated carbocycles. The number of para-hydroxylation sites is 1. The van der Waals surface area contributed by atoms with Crippen molar-refractivity contribution in [3.8, 4) is 5.75 Å². The van der Waals surface area contributed by atoms with Crippen molar-refractivity contribution in [1.29, 1.82) is 0 Å². The average Bonchev–Trinajstić information content (AvgIpc) is 3.02. The zero-order chi connectivity index (χ0) is 18.5. The van der Waals surface area contributed by atoms with Crippen molar-refractivity contribution >= 4 is 22.7 Å². The molecule has 0 atom stereocenters. The third-order valence-corrected chi connectivity index (χ3v) is 3.62. The minimum Gasteiger partial charge on any atom is -0.481 e.